The Kier molecular flexibility index (Phi) is 4.20. The SMILES string of the molecule is CCc1cc(C=O)ccc1C1CCN(C(=O)O)CC1. The molecule has 0 radical (unpaired) electrons. The van der Waals surface area contributed by atoms with Crippen molar-refractivity contribution in [3.05, 3.63) is 34.9 Å². The second-order valence-corrected chi connectivity index (χ2v) is 4.97. The molecule has 1 heterocycles. The van der Waals surface area contributed by atoms with E-state index in [2.05, 4.69) is 6.92 Å². The first-order valence-electron chi connectivity index (χ1n) is 6.71. The van der Waals surface area contributed by atoms with Gasteiger partial charge in [-0.1, -0.05) is 19.1 Å². The third-order valence-electron chi connectivity index (χ3n) is 3.89. The fourth-order valence-corrected chi connectivity index (χ4v) is 2.79. The molecule has 1 amide bonds. The van der Waals surface area contributed by atoms with Crippen LogP contribution in [-0.4, -0.2) is 35.5 Å². The molecule has 0 unspecified atom stereocenters. The van der Waals surface area contributed by atoms with Crippen molar-refractivity contribution in [3.63, 3.8) is 0 Å². The van der Waals surface area contributed by atoms with Crippen LogP contribution >= 0.6 is 0 Å². The molecule has 4 heteroatoms. The average Bonchev–Trinajstić information content (AvgIpc) is 2.46. The maximum absolute atomic E-state index is 10.9. The van der Waals surface area contributed by atoms with E-state index in [1.54, 1.807) is 0 Å². The van der Waals surface area contributed by atoms with Gasteiger partial charge in [-0.2, -0.15) is 0 Å². The number of benzene rings is 1. The Labute approximate surface area is 113 Å². The van der Waals surface area contributed by atoms with Crippen LogP contribution < -0.4 is 0 Å². The lowest BCUT2D eigenvalue weighted by atomic mass is 9.85. The van der Waals surface area contributed by atoms with Crippen LogP contribution in [0.15, 0.2) is 18.2 Å². The summed E-state index contributed by atoms with van der Waals surface area (Å²) in [7, 11) is 0. The molecular formula is C15H19NO3. The lowest BCUT2D eigenvalue weighted by Gasteiger charge is -2.31. The molecule has 19 heavy (non-hydrogen) atoms. The number of carbonyl (C=O) groups is 2. The summed E-state index contributed by atoms with van der Waals surface area (Å²) in [5.74, 6) is 0.409. The van der Waals surface area contributed by atoms with E-state index >= 15 is 0 Å². The predicted molar refractivity (Wildman–Crippen MR) is 72.8 cm³/mol. The zero-order valence-electron chi connectivity index (χ0n) is 11.1. The van der Waals surface area contributed by atoms with E-state index in [4.69, 9.17) is 5.11 Å². The first-order chi connectivity index (χ1) is 9.15. The Morgan fingerprint density at radius 2 is 2.11 bits per heavy atom. The molecule has 0 spiro atoms. The minimum absolute atomic E-state index is 0.409. The van der Waals surface area contributed by atoms with Gasteiger partial charge in [-0.25, -0.2) is 4.79 Å². The van der Waals surface area contributed by atoms with Gasteiger partial charge in [0.15, 0.2) is 0 Å². The fourth-order valence-electron chi connectivity index (χ4n) is 2.79. The number of hydrogen-bond donors (Lipinski definition) is 1. The van der Waals surface area contributed by atoms with Gasteiger partial charge in [-0.05, 0) is 42.4 Å². The maximum atomic E-state index is 10.9. The van der Waals surface area contributed by atoms with E-state index in [0.29, 0.717) is 24.6 Å². The second kappa shape index (κ2) is 5.87. The molecule has 0 aliphatic carbocycles. The summed E-state index contributed by atoms with van der Waals surface area (Å²) in [6.07, 6.45) is 2.66. The number of aryl methyl sites for hydroxylation is 1. The van der Waals surface area contributed by atoms with Crippen LogP contribution in [0.1, 0.15) is 47.2 Å². The molecule has 1 fully saturated rings. The molecule has 1 aromatic rings. The number of rotatable bonds is 3. The monoisotopic (exact) mass is 261 g/mol. The van der Waals surface area contributed by atoms with Gasteiger partial charge in [0.1, 0.15) is 6.29 Å². The summed E-state index contributed by atoms with van der Waals surface area (Å²) in [6, 6.07) is 5.83. The molecule has 0 bridgehead atoms. The zero-order valence-corrected chi connectivity index (χ0v) is 11.1. The third-order valence-corrected chi connectivity index (χ3v) is 3.89. The number of piperidine rings is 1. The van der Waals surface area contributed by atoms with Crippen molar-refractivity contribution in [2.75, 3.05) is 13.1 Å². The summed E-state index contributed by atoms with van der Waals surface area (Å²) < 4.78 is 0. The van der Waals surface area contributed by atoms with Gasteiger partial charge in [0.25, 0.3) is 0 Å². The molecular weight excluding hydrogens is 242 g/mol. The van der Waals surface area contributed by atoms with Crippen molar-refractivity contribution in [3.8, 4) is 0 Å². The molecule has 1 aromatic carbocycles. The summed E-state index contributed by atoms with van der Waals surface area (Å²) in [5, 5.41) is 8.95. The number of nitrogens with zero attached hydrogens (tertiary/aromatic N) is 1. The van der Waals surface area contributed by atoms with E-state index in [1.165, 1.54) is 16.0 Å². The van der Waals surface area contributed by atoms with E-state index in [-0.39, 0.29) is 0 Å². The van der Waals surface area contributed by atoms with E-state index in [0.717, 1.165) is 25.5 Å². The Morgan fingerprint density at radius 1 is 1.42 bits per heavy atom. The molecule has 1 aliphatic rings. The Morgan fingerprint density at radius 3 is 2.63 bits per heavy atom. The van der Waals surface area contributed by atoms with Gasteiger partial charge >= 0.3 is 6.09 Å². The highest BCUT2D eigenvalue weighted by molar-refractivity contribution is 5.75. The number of hydrogen-bond acceptors (Lipinski definition) is 2. The van der Waals surface area contributed by atoms with Crippen LogP contribution in [0.25, 0.3) is 0 Å². The van der Waals surface area contributed by atoms with Crippen molar-refractivity contribution in [1.82, 2.24) is 4.90 Å². The highest BCUT2D eigenvalue weighted by Gasteiger charge is 2.24. The quantitative estimate of drug-likeness (QED) is 0.851. The average molecular weight is 261 g/mol. The first-order valence-corrected chi connectivity index (χ1v) is 6.71. The van der Waals surface area contributed by atoms with Gasteiger partial charge in [-0.15, -0.1) is 0 Å². The number of carboxylic acid groups (broad SMARTS) is 1. The van der Waals surface area contributed by atoms with Crippen LogP contribution in [0.5, 0.6) is 0 Å². The molecule has 0 atom stereocenters. The Bertz CT molecular complexity index is 476. The van der Waals surface area contributed by atoms with E-state index in [1.807, 2.05) is 18.2 Å². The fraction of sp³-hybridized carbons (Fsp3) is 0.467. The summed E-state index contributed by atoms with van der Waals surface area (Å²) in [5.41, 5.74) is 3.19. The summed E-state index contributed by atoms with van der Waals surface area (Å²) in [6.45, 7) is 3.27. The highest BCUT2D eigenvalue weighted by atomic mass is 16.4. The van der Waals surface area contributed by atoms with Gasteiger partial charge in [-0.3, -0.25) is 4.79 Å². The summed E-state index contributed by atoms with van der Waals surface area (Å²) in [4.78, 5) is 23.2. The van der Waals surface area contributed by atoms with Gasteiger partial charge < -0.3 is 10.0 Å². The van der Waals surface area contributed by atoms with Crippen molar-refractivity contribution >= 4 is 12.4 Å². The molecule has 2 rings (SSSR count). The minimum Gasteiger partial charge on any atom is -0.465 e. The van der Waals surface area contributed by atoms with Crippen molar-refractivity contribution in [2.24, 2.45) is 0 Å². The molecule has 4 nitrogen and oxygen atoms in total. The minimum atomic E-state index is -0.828. The number of carbonyl (C=O) groups excluding carboxylic acids is 1. The molecule has 0 aromatic heterocycles. The van der Waals surface area contributed by atoms with Crippen molar-refractivity contribution < 1.29 is 14.7 Å². The van der Waals surface area contributed by atoms with Crippen LogP contribution in [0.3, 0.4) is 0 Å². The molecule has 102 valence electrons. The smallest absolute Gasteiger partial charge is 0.407 e. The van der Waals surface area contributed by atoms with Gasteiger partial charge in [0.05, 0.1) is 0 Å². The van der Waals surface area contributed by atoms with Crippen molar-refractivity contribution in [2.45, 2.75) is 32.1 Å². The zero-order chi connectivity index (χ0) is 13.8. The van der Waals surface area contributed by atoms with Crippen LogP contribution in [0.2, 0.25) is 0 Å². The normalized spacial score (nSPS) is 16.4. The number of aldehydes is 1. The molecule has 1 aliphatic heterocycles. The second-order valence-electron chi connectivity index (χ2n) is 4.97. The number of likely N-dealkylation sites (tertiary alicyclic amines) is 1. The molecule has 1 saturated heterocycles. The Balaban J connectivity index is 2.15. The van der Waals surface area contributed by atoms with Gasteiger partial charge in [0, 0.05) is 18.7 Å². The third kappa shape index (κ3) is 2.95. The topological polar surface area (TPSA) is 57.6 Å². The Hall–Kier alpha value is -1.84. The van der Waals surface area contributed by atoms with E-state index < -0.39 is 6.09 Å². The lowest BCUT2D eigenvalue weighted by molar-refractivity contribution is 0.112. The van der Waals surface area contributed by atoms with Crippen molar-refractivity contribution in [1.29, 1.82) is 0 Å². The first kappa shape index (κ1) is 13.6. The number of amides is 1. The maximum Gasteiger partial charge on any atom is 0.407 e. The highest BCUT2D eigenvalue weighted by Crippen LogP contribution is 2.31. The van der Waals surface area contributed by atoms with Crippen LogP contribution in [0, 0.1) is 0 Å². The van der Waals surface area contributed by atoms with Crippen LogP contribution in [-0.2, 0) is 6.42 Å². The predicted octanol–water partition coefficient (Wildman–Crippen LogP) is 2.92. The standard InChI is InChI=1S/C15H19NO3/c1-2-12-9-11(10-17)3-4-14(12)13-5-7-16(8-6-13)15(18)19/h3-4,9-10,13H,2,5-8H2,1H3,(H,18,19). The molecule has 0 saturated carbocycles. The largest absolute Gasteiger partial charge is 0.465 e. The van der Waals surface area contributed by atoms with E-state index in [9.17, 15) is 9.59 Å². The molecule has 1 N–H and O–H groups in total. The van der Waals surface area contributed by atoms with Gasteiger partial charge in [0.2, 0.25) is 0 Å². The van der Waals surface area contributed by atoms with Crippen LogP contribution in [0.4, 0.5) is 4.79 Å². The summed E-state index contributed by atoms with van der Waals surface area (Å²) >= 11 is 0. The lowest BCUT2D eigenvalue weighted by Crippen LogP contribution is -2.36.